The Morgan fingerprint density at radius 2 is 2.03 bits per heavy atom. The van der Waals surface area contributed by atoms with E-state index in [1.165, 1.54) is 0 Å². The molecule has 2 N–H and O–H groups in total. The molecule has 0 spiro atoms. The summed E-state index contributed by atoms with van der Waals surface area (Å²) >= 11 is 12.2. The minimum Gasteiger partial charge on any atom is -0.356 e. The zero-order valence-corrected chi connectivity index (χ0v) is 18.4. The number of halogens is 2. The molecule has 1 fully saturated rings. The van der Waals surface area contributed by atoms with E-state index in [4.69, 9.17) is 23.2 Å². The summed E-state index contributed by atoms with van der Waals surface area (Å²) in [5.41, 5.74) is 2.26. The smallest absolute Gasteiger partial charge is 0.191 e. The molecular weight excluding hydrogens is 405 g/mol. The normalized spacial score (nSPS) is 16.0. The number of likely N-dealkylation sites (tertiary alicyclic amines) is 1. The van der Waals surface area contributed by atoms with Crippen molar-refractivity contribution in [2.75, 3.05) is 26.7 Å². The summed E-state index contributed by atoms with van der Waals surface area (Å²) in [7, 11) is 1.82. The predicted molar refractivity (Wildman–Crippen MR) is 122 cm³/mol. The lowest BCUT2D eigenvalue weighted by Gasteiger charge is -2.32. The van der Waals surface area contributed by atoms with Crippen molar-refractivity contribution in [3.8, 4) is 0 Å². The van der Waals surface area contributed by atoms with E-state index in [-0.39, 0.29) is 0 Å². The van der Waals surface area contributed by atoms with Crippen molar-refractivity contribution in [1.29, 1.82) is 0 Å². The first-order valence-corrected chi connectivity index (χ1v) is 10.9. The average Bonchev–Trinajstić information content (AvgIpc) is 2.73. The van der Waals surface area contributed by atoms with Crippen molar-refractivity contribution in [1.82, 2.24) is 20.5 Å². The van der Waals surface area contributed by atoms with Crippen LogP contribution in [-0.4, -0.2) is 48.6 Å². The van der Waals surface area contributed by atoms with Gasteiger partial charge in [-0.1, -0.05) is 35.3 Å². The highest BCUT2D eigenvalue weighted by atomic mass is 35.5. The van der Waals surface area contributed by atoms with Gasteiger partial charge in [-0.2, -0.15) is 0 Å². The largest absolute Gasteiger partial charge is 0.356 e. The molecule has 29 heavy (non-hydrogen) atoms. The summed E-state index contributed by atoms with van der Waals surface area (Å²) in [5, 5.41) is 8.38. The molecule has 0 atom stereocenters. The predicted octanol–water partition coefficient (Wildman–Crippen LogP) is 4.15. The van der Waals surface area contributed by atoms with Crippen LogP contribution in [0.3, 0.4) is 0 Å². The van der Waals surface area contributed by atoms with Crippen LogP contribution in [-0.2, 0) is 13.0 Å². The van der Waals surface area contributed by atoms with Crippen LogP contribution in [0.25, 0.3) is 0 Å². The Morgan fingerprint density at radius 3 is 2.72 bits per heavy atom. The SMILES string of the molecule is CN=C(NCCCc1ccc(Cl)cc1Cl)NC1CCN(Cc2ccccn2)CC1. The number of aromatic nitrogens is 1. The number of nitrogens with one attached hydrogen (secondary N) is 2. The van der Waals surface area contributed by atoms with E-state index in [0.717, 1.165) is 74.1 Å². The molecule has 2 heterocycles. The standard InChI is InChI=1S/C22H29Cl2N5/c1-25-22(27-12-4-5-17-7-8-18(23)15-21(17)24)28-19-9-13-29(14-10-19)16-20-6-2-3-11-26-20/h2-3,6-8,11,15,19H,4-5,9-10,12-14,16H2,1H3,(H2,25,27,28). The third kappa shape index (κ3) is 7.18. The van der Waals surface area contributed by atoms with Crippen LogP contribution in [0.2, 0.25) is 10.0 Å². The molecule has 1 aromatic carbocycles. The molecule has 0 radical (unpaired) electrons. The van der Waals surface area contributed by atoms with Gasteiger partial charge in [0.05, 0.1) is 5.69 Å². The molecule has 0 amide bonds. The highest BCUT2D eigenvalue weighted by Crippen LogP contribution is 2.21. The highest BCUT2D eigenvalue weighted by Gasteiger charge is 2.20. The number of benzene rings is 1. The van der Waals surface area contributed by atoms with Gasteiger partial charge in [-0.3, -0.25) is 14.9 Å². The highest BCUT2D eigenvalue weighted by molar-refractivity contribution is 6.35. The van der Waals surface area contributed by atoms with Crippen molar-refractivity contribution in [2.45, 2.75) is 38.3 Å². The lowest BCUT2D eigenvalue weighted by molar-refractivity contribution is 0.196. The molecule has 1 aromatic heterocycles. The first-order valence-electron chi connectivity index (χ1n) is 10.2. The molecule has 1 aliphatic heterocycles. The molecule has 0 aliphatic carbocycles. The Morgan fingerprint density at radius 1 is 1.21 bits per heavy atom. The second-order valence-electron chi connectivity index (χ2n) is 7.35. The van der Waals surface area contributed by atoms with E-state index in [1.54, 1.807) is 6.07 Å². The van der Waals surface area contributed by atoms with Gasteiger partial charge >= 0.3 is 0 Å². The van der Waals surface area contributed by atoms with E-state index in [1.807, 2.05) is 37.5 Å². The van der Waals surface area contributed by atoms with Crippen LogP contribution in [0.5, 0.6) is 0 Å². The van der Waals surface area contributed by atoms with Gasteiger partial charge in [0.15, 0.2) is 5.96 Å². The van der Waals surface area contributed by atoms with Crippen molar-refractivity contribution >= 4 is 29.2 Å². The number of hydrogen-bond acceptors (Lipinski definition) is 3. The quantitative estimate of drug-likeness (QED) is 0.391. The Labute approximate surface area is 183 Å². The molecule has 0 unspecified atom stereocenters. The van der Waals surface area contributed by atoms with Crippen LogP contribution in [0.1, 0.15) is 30.5 Å². The second kappa shape index (κ2) is 11.4. The van der Waals surface area contributed by atoms with Gasteiger partial charge in [0, 0.05) is 55.5 Å². The van der Waals surface area contributed by atoms with Gasteiger partial charge in [0.25, 0.3) is 0 Å². The Balaban J connectivity index is 1.35. The molecule has 1 saturated heterocycles. The van der Waals surface area contributed by atoms with Gasteiger partial charge in [0.2, 0.25) is 0 Å². The summed E-state index contributed by atoms with van der Waals surface area (Å²) < 4.78 is 0. The minimum absolute atomic E-state index is 0.451. The van der Waals surface area contributed by atoms with Crippen molar-refractivity contribution < 1.29 is 0 Å². The summed E-state index contributed by atoms with van der Waals surface area (Å²) in [6, 6.07) is 12.2. The number of aryl methyl sites for hydroxylation is 1. The number of nitrogens with zero attached hydrogens (tertiary/aromatic N) is 3. The first-order chi connectivity index (χ1) is 14.1. The van der Waals surface area contributed by atoms with E-state index in [2.05, 4.69) is 31.6 Å². The Kier molecular flexibility index (Phi) is 8.59. The monoisotopic (exact) mass is 433 g/mol. The van der Waals surface area contributed by atoms with Crippen LogP contribution < -0.4 is 10.6 Å². The molecule has 1 aliphatic rings. The van der Waals surface area contributed by atoms with Crippen molar-refractivity contribution in [3.63, 3.8) is 0 Å². The van der Waals surface area contributed by atoms with Crippen LogP contribution in [0.15, 0.2) is 47.6 Å². The molecule has 2 aromatic rings. The molecule has 156 valence electrons. The zero-order chi connectivity index (χ0) is 20.5. The number of aliphatic imine (C=N–C) groups is 1. The van der Waals surface area contributed by atoms with Gasteiger partial charge in [-0.05, 0) is 55.5 Å². The third-order valence-electron chi connectivity index (χ3n) is 5.19. The van der Waals surface area contributed by atoms with Crippen LogP contribution in [0.4, 0.5) is 0 Å². The maximum absolute atomic E-state index is 6.24. The lowest BCUT2D eigenvalue weighted by atomic mass is 10.0. The van der Waals surface area contributed by atoms with Gasteiger partial charge < -0.3 is 10.6 Å². The summed E-state index contributed by atoms with van der Waals surface area (Å²) in [6.45, 7) is 3.91. The number of rotatable bonds is 7. The fourth-order valence-electron chi connectivity index (χ4n) is 3.55. The summed E-state index contributed by atoms with van der Waals surface area (Å²) in [5.74, 6) is 0.871. The van der Waals surface area contributed by atoms with Crippen molar-refractivity contribution in [3.05, 3.63) is 63.9 Å². The maximum atomic E-state index is 6.24. The number of hydrogen-bond donors (Lipinski definition) is 2. The average molecular weight is 434 g/mol. The van der Waals surface area contributed by atoms with Crippen LogP contribution >= 0.6 is 23.2 Å². The number of piperidine rings is 1. The van der Waals surface area contributed by atoms with E-state index >= 15 is 0 Å². The third-order valence-corrected chi connectivity index (χ3v) is 5.78. The molecular formula is C22H29Cl2N5. The second-order valence-corrected chi connectivity index (χ2v) is 8.20. The molecule has 5 nitrogen and oxygen atoms in total. The molecule has 7 heteroatoms. The Bertz CT molecular complexity index is 789. The van der Waals surface area contributed by atoms with Crippen LogP contribution in [0, 0.1) is 0 Å². The van der Waals surface area contributed by atoms with Gasteiger partial charge in [-0.25, -0.2) is 0 Å². The number of pyridine rings is 1. The number of guanidine groups is 1. The fourth-order valence-corrected chi connectivity index (χ4v) is 4.06. The van der Waals surface area contributed by atoms with Gasteiger partial charge in [0.1, 0.15) is 0 Å². The first kappa shape index (κ1) is 21.9. The van der Waals surface area contributed by atoms with Crippen molar-refractivity contribution in [2.24, 2.45) is 4.99 Å². The molecule has 3 rings (SSSR count). The van der Waals surface area contributed by atoms with Gasteiger partial charge in [-0.15, -0.1) is 0 Å². The van der Waals surface area contributed by atoms with E-state index in [9.17, 15) is 0 Å². The fraction of sp³-hybridized carbons (Fsp3) is 0.455. The zero-order valence-electron chi connectivity index (χ0n) is 16.9. The summed E-state index contributed by atoms with van der Waals surface area (Å²) in [4.78, 5) is 11.3. The molecule has 0 bridgehead atoms. The Hall–Kier alpha value is -1.82. The topological polar surface area (TPSA) is 52.6 Å². The maximum Gasteiger partial charge on any atom is 0.191 e. The van der Waals surface area contributed by atoms with E-state index in [0.29, 0.717) is 11.1 Å². The molecule has 0 saturated carbocycles. The van der Waals surface area contributed by atoms with E-state index < -0.39 is 0 Å². The lowest BCUT2D eigenvalue weighted by Crippen LogP contribution is -2.48. The minimum atomic E-state index is 0.451. The summed E-state index contributed by atoms with van der Waals surface area (Å²) in [6.07, 6.45) is 5.96.